The molecule has 1 saturated heterocycles. The zero-order valence-corrected chi connectivity index (χ0v) is 18.3. The molecule has 1 aliphatic heterocycles. The second kappa shape index (κ2) is 8.18. The lowest BCUT2D eigenvalue weighted by atomic mass is 9.93. The first-order valence-electron chi connectivity index (χ1n) is 9.82. The molecule has 2 aromatic rings. The quantitative estimate of drug-likeness (QED) is 0.672. The van der Waals surface area contributed by atoms with Crippen molar-refractivity contribution in [2.24, 2.45) is 0 Å². The Hall–Kier alpha value is -2.55. The molecule has 6 nitrogen and oxygen atoms in total. The van der Waals surface area contributed by atoms with E-state index in [-0.39, 0.29) is 52.7 Å². The fourth-order valence-electron chi connectivity index (χ4n) is 3.47. The predicted octanol–water partition coefficient (Wildman–Crippen LogP) is 5.34. The second-order valence-electron chi connectivity index (χ2n) is 8.45. The van der Waals surface area contributed by atoms with Crippen molar-refractivity contribution in [3.63, 3.8) is 0 Å². The lowest BCUT2D eigenvalue weighted by molar-refractivity contribution is -0.137. The number of benzene rings is 1. The van der Waals surface area contributed by atoms with E-state index < -0.39 is 23.7 Å². The van der Waals surface area contributed by atoms with Crippen LogP contribution in [-0.4, -0.2) is 23.0 Å². The molecule has 1 N–H and O–H groups in total. The van der Waals surface area contributed by atoms with Gasteiger partial charge in [-0.15, -0.1) is 0 Å². The van der Waals surface area contributed by atoms with E-state index in [2.05, 4.69) is 10.5 Å². The Balaban J connectivity index is 1.93. The number of carbonyl (C=O) groups is 2. The first kappa shape index (κ1) is 23.1. The van der Waals surface area contributed by atoms with Gasteiger partial charge in [0.1, 0.15) is 11.8 Å². The molecule has 1 aromatic carbocycles. The third kappa shape index (κ3) is 4.71. The number of carbonyl (C=O) groups excluding carboxylic acids is 2. The highest BCUT2D eigenvalue weighted by Gasteiger charge is 2.40. The molecule has 31 heavy (non-hydrogen) atoms. The number of nitrogens with zero attached hydrogens (tertiary/aromatic N) is 2. The van der Waals surface area contributed by atoms with Gasteiger partial charge in [-0.3, -0.25) is 14.5 Å². The van der Waals surface area contributed by atoms with Gasteiger partial charge >= 0.3 is 6.18 Å². The average molecular weight is 458 g/mol. The molecule has 1 aromatic heterocycles. The molecule has 2 amide bonds. The Kier molecular flexibility index (Phi) is 6.10. The molecule has 3 rings (SSSR count). The molecule has 1 aliphatic rings. The number of hydrogen-bond acceptors (Lipinski definition) is 4. The maximum atomic E-state index is 13.2. The van der Waals surface area contributed by atoms with Crippen molar-refractivity contribution in [1.82, 2.24) is 5.16 Å². The molecule has 0 bridgehead atoms. The van der Waals surface area contributed by atoms with Crippen LogP contribution in [0.5, 0.6) is 0 Å². The Morgan fingerprint density at radius 1 is 1.29 bits per heavy atom. The number of rotatable bonds is 4. The van der Waals surface area contributed by atoms with Crippen LogP contribution in [-0.2, 0) is 27.6 Å². The molecule has 10 heteroatoms. The van der Waals surface area contributed by atoms with Crippen molar-refractivity contribution >= 4 is 34.9 Å². The Bertz CT molecular complexity index is 1010. The molecular weight excluding hydrogens is 435 g/mol. The first-order chi connectivity index (χ1) is 14.3. The minimum absolute atomic E-state index is 0.0741. The lowest BCUT2D eigenvalue weighted by Gasteiger charge is -2.27. The van der Waals surface area contributed by atoms with Crippen LogP contribution in [0.1, 0.15) is 57.4 Å². The van der Waals surface area contributed by atoms with Gasteiger partial charge in [0, 0.05) is 17.9 Å². The number of alkyl halides is 3. The lowest BCUT2D eigenvalue weighted by Crippen LogP contribution is -2.42. The van der Waals surface area contributed by atoms with Gasteiger partial charge in [-0.05, 0) is 30.5 Å². The zero-order chi connectivity index (χ0) is 23.1. The Morgan fingerprint density at radius 2 is 1.97 bits per heavy atom. The number of hydrogen-bond donors (Lipinski definition) is 1. The van der Waals surface area contributed by atoms with Crippen LogP contribution in [0, 0.1) is 0 Å². The highest BCUT2D eigenvalue weighted by molar-refractivity contribution is 6.34. The average Bonchev–Trinajstić information content (AvgIpc) is 3.27. The number of anilines is 2. The van der Waals surface area contributed by atoms with E-state index in [1.165, 1.54) is 4.90 Å². The maximum Gasteiger partial charge on any atom is 0.416 e. The van der Waals surface area contributed by atoms with E-state index in [0.717, 1.165) is 12.1 Å². The normalized spacial score (nSPS) is 17.4. The van der Waals surface area contributed by atoms with Crippen LogP contribution in [0.3, 0.4) is 0 Å². The molecule has 2 heterocycles. The standard InChI is InChI=1S/C21H23ClF3N3O3/c1-5-11-8-12(21(23,24)25)9-13(22)18(11)28-14(6-7-17(28)29)19(30)26-16-10-15(31-27-16)20(2,3)4/h8-10,14H,5-7H2,1-4H3,(H,26,27,30). The van der Waals surface area contributed by atoms with Crippen molar-refractivity contribution in [3.05, 3.63) is 40.1 Å². The molecule has 0 radical (unpaired) electrons. The molecule has 1 unspecified atom stereocenters. The fraction of sp³-hybridized carbons (Fsp3) is 0.476. The third-order valence-corrected chi connectivity index (χ3v) is 5.39. The number of amides is 2. The molecule has 1 fully saturated rings. The minimum Gasteiger partial charge on any atom is -0.359 e. The summed E-state index contributed by atoms with van der Waals surface area (Å²) in [4.78, 5) is 26.7. The van der Waals surface area contributed by atoms with Crippen molar-refractivity contribution < 1.29 is 27.3 Å². The van der Waals surface area contributed by atoms with Gasteiger partial charge in [0.15, 0.2) is 5.82 Å². The van der Waals surface area contributed by atoms with Gasteiger partial charge in [0.2, 0.25) is 11.8 Å². The van der Waals surface area contributed by atoms with Gasteiger partial charge in [0.25, 0.3) is 0 Å². The molecule has 0 aliphatic carbocycles. The number of nitrogens with one attached hydrogen (secondary N) is 1. The summed E-state index contributed by atoms with van der Waals surface area (Å²) in [6, 6.07) is 2.42. The van der Waals surface area contributed by atoms with Crippen molar-refractivity contribution in [1.29, 1.82) is 0 Å². The summed E-state index contributed by atoms with van der Waals surface area (Å²) in [6.07, 6.45) is -4.09. The van der Waals surface area contributed by atoms with E-state index in [1.54, 1.807) is 13.0 Å². The van der Waals surface area contributed by atoms with Crippen LogP contribution in [0.15, 0.2) is 22.7 Å². The van der Waals surface area contributed by atoms with E-state index in [0.29, 0.717) is 5.76 Å². The molecule has 1 atom stereocenters. The summed E-state index contributed by atoms with van der Waals surface area (Å²) >= 11 is 6.20. The minimum atomic E-state index is -4.57. The van der Waals surface area contributed by atoms with Crippen LogP contribution >= 0.6 is 11.6 Å². The van der Waals surface area contributed by atoms with E-state index >= 15 is 0 Å². The molecule has 0 spiro atoms. The number of halogens is 4. The van der Waals surface area contributed by atoms with Gasteiger partial charge in [0.05, 0.1) is 16.3 Å². The largest absolute Gasteiger partial charge is 0.416 e. The summed E-state index contributed by atoms with van der Waals surface area (Å²) in [7, 11) is 0. The van der Waals surface area contributed by atoms with Crippen molar-refractivity contribution in [2.45, 2.75) is 64.6 Å². The monoisotopic (exact) mass is 457 g/mol. The summed E-state index contributed by atoms with van der Waals surface area (Å²) < 4.78 is 44.8. The predicted molar refractivity (Wildman–Crippen MR) is 110 cm³/mol. The molecular formula is C21H23ClF3N3O3. The van der Waals surface area contributed by atoms with Gasteiger partial charge < -0.3 is 9.84 Å². The summed E-state index contributed by atoms with van der Waals surface area (Å²) in [6.45, 7) is 7.44. The number of aromatic nitrogens is 1. The zero-order valence-electron chi connectivity index (χ0n) is 17.6. The van der Waals surface area contributed by atoms with Crippen LogP contribution in [0.4, 0.5) is 24.7 Å². The van der Waals surface area contributed by atoms with E-state index in [1.807, 2.05) is 20.8 Å². The third-order valence-electron chi connectivity index (χ3n) is 5.11. The van der Waals surface area contributed by atoms with Crippen LogP contribution in [0.2, 0.25) is 5.02 Å². The summed E-state index contributed by atoms with van der Waals surface area (Å²) in [5, 5.41) is 6.24. The second-order valence-corrected chi connectivity index (χ2v) is 8.86. The Morgan fingerprint density at radius 3 is 2.52 bits per heavy atom. The summed E-state index contributed by atoms with van der Waals surface area (Å²) in [5.41, 5.74) is -0.836. The maximum absolute atomic E-state index is 13.2. The van der Waals surface area contributed by atoms with Crippen LogP contribution < -0.4 is 10.2 Å². The highest BCUT2D eigenvalue weighted by atomic mass is 35.5. The molecule has 168 valence electrons. The van der Waals surface area contributed by atoms with Crippen LogP contribution in [0.25, 0.3) is 0 Å². The van der Waals surface area contributed by atoms with E-state index in [4.69, 9.17) is 16.1 Å². The highest BCUT2D eigenvalue weighted by Crippen LogP contribution is 2.41. The SMILES string of the molecule is CCc1cc(C(F)(F)F)cc(Cl)c1N1C(=O)CCC1C(=O)Nc1cc(C(C)(C)C)on1. The van der Waals surface area contributed by atoms with Gasteiger partial charge in [-0.2, -0.15) is 13.2 Å². The Labute approximate surface area is 182 Å². The summed E-state index contributed by atoms with van der Waals surface area (Å²) in [5.74, 6) is -0.130. The van der Waals surface area contributed by atoms with Crippen molar-refractivity contribution in [2.75, 3.05) is 10.2 Å². The topological polar surface area (TPSA) is 75.4 Å². The smallest absolute Gasteiger partial charge is 0.359 e. The fourth-order valence-corrected chi connectivity index (χ4v) is 3.80. The van der Waals surface area contributed by atoms with E-state index in [9.17, 15) is 22.8 Å². The van der Waals surface area contributed by atoms with Gasteiger partial charge in [-0.1, -0.05) is 44.5 Å². The first-order valence-corrected chi connectivity index (χ1v) is 10.2. The number of aryl methyl sites for hydroxylation is 1. The molecule has 0 saturated carbocycles. The van der Waals surface area contributed by atoms with Crippen molar-refractivity contribution in [3.8, 4) is 0 Å². The van der Waals surface area contributed by atoms with Gasteiger partial charge in [-0.25, -0.2) is 0 Å².